The summed E-state index contributed by atoms with van der Waals surface area (Å²) in [7, 11) is 0. The maximum Gasteiger partial charge on any atom is 0.178 e. The van der Waals surface area contributed by atoms with Crippen molar-refractivity contribution in [3.63, 3.8) is 0 Å². The number of furan rings is 1. The second kappa shape index (κ2) is 9.00. The van der Waals surface area contributed by atoms with Gasteiger partial charge in [0.25, 0.3) is 0 Å². The molecule has 1 aliphatic carbocycles. The SMILES string of the molecule is Oc1ccccc1-c1cccc(C2(c3cccc(-c4ncnc5ccoc45)c3)c3ccccc3-c3ccccc32)n1. The van der Waals surface area contributed by atoms with E-state index >= 15 is 0 Å². The number of aromatic hydroxyl groups is 1. The van der Waals surface area contributed by atoms with Crippen LogP contribution in [-0.2, 0) is 5.41 Å². The molecule has 0 radical (unpaired) electrons. The number of phenolic OH excluding ortho intramolecular Hbond substituents is 1. The minimum absolute atomic E-state index is 0.201. The quantitative estimate of drug-likeness (QED) is 0.250. The van der Waals surface area contributed by atoms with Crippen LogP contribution in [0.3, 0.4) is 0 Å². The Kier molecular flexibility index (Phi) is 5.12. The topological polar surface area (TPSA) is 72.0 Å². The smallest absolute Gasteiger partial charge is 0.178 e. The second-order valence-corrected chi connectivity index (χ2v) is 10.2. The number of hydrogen-bond acceptors (Lipinski definition) is 5. The van der Waals surface area contributed by atoms with Crippen molar-refractivity contribution in [3.05, 3.63) is 156 Å². The van der Waals surface area contributed by atoms with E-state index < -0.39 is 5.41 Å². The molecule has 7 aromatic rings. The monoisotopic (exact) mass is 529 g/mol. The highest BCUT2D eigenvalue weighted by Gasteiger charge is 2.47. The van der Waals surface area contributed by atoms with E-state index in [-0.39, 0.29) is 5.75 Å². The minimum atomic E-state index is -0.709. The van der Waals surface area contributed by atoms with E-state index in [1.807, 2.05) is 36.4 Å². The van der Waals surface area contributed by atoms with E-state index in [1.54, 1.807) is 18.7 Å². The number of pyridine rings is 1. The van der Waals surface area contributed by atoms with E-state index in [0.29, 0.717) is 16.8 Å². The third-order valence-corrected chi connectivity index (χ3v) is 8.08. The molecule has 194 valence electrons. The van der Waals surface area contributed by atoms with Gasteiger partial charge in [0.15, 0.2) is 5.58 Å². The second-order valence-electron chi connectivity index (χ2n) is 10.2. The average Bonchev–Trinajstić information content (AvgIpc) is 3.63. The first-order chi connectivity index (χ1) is 20.2. The van der Waals surface area contributed by atoms with Gasteiger partial charge in [0.2, 0.25) is 0 Å². The summed E-state index contributed by atoms with van der Waals surface area (Å²) in [6, 6.07) is 40.8. The highest BCUT2D eigenvalue weighted by molar-refractivity contribution is 5.89. The molecule has 0 spiro atoms. The Balaban J connectivity index is 1.45. The predicted octanol–water partition coefficient (Wildman–Crippen LogP) is 8.02. The first-order valence-electron chi connectivity index (χ1n) is 13.5. The zero-order chi connectivity index (χ0) is 27.4. The Morgan fingerprint density at radius 2 is 1.34 bits per heavy atom. The summed E-state index contributed by atoms with van der Waals surface area (Å²) in [5.41, 5.74) is 10.4. The van der Waals surface area contributed by atoms with Crippen molar-refractivity contribution < 1.29 is 9.52 Å². The maximum absolute atomic E-state index is 10.7. The van der Waals surface area contributed by atoms with Crippen molar-refractivity contribution in [1.29, 1.82) is 0 Å². The minimum Gasteiger partial charge on any atom is -0.507 e. The fourth-order valence-electron chi connectivity index (χ4n) is 6.35. The molecule has 41 heavy (non-hydrogen) atoms. The largest absolute Gasteiger partial charge is 0.507 e. The molecule has 8 rings (SSSR count). The molecular weight excluding hydrogens is 506 g/mol. The Hall–Kier alpha value is -5.55. The molecule has 1 aliphatic rings. The van der Waals surface area contributed by atoms with Gasteiger partial charge in [0, 0.05) is 17.2 Å². The average molecular weight is 530 g/mol. The van der Waals surface area contributed by atoms with Crippen molar-refractivity contribution >= 4 is 11.1 Å². The van der Waals surface area contributed by atoms with E-state index in [1.165, 1.54) is 11.1 Å². The van der Waals surface area contributed by atoms with Crippen LogP contribution in [0, 0.1) is 0 Å². The lowest BCUT2D eigenvalue weighted by Crippen LogP contribution is -2.30. The van der Waals surface area contributed by atoms with Gasteiger partial charge in [-0.15, -0.1) is 0 Å². The van der Waals surface area contributed by atoms with Gasteiger partial charge in [-0.2, -0.15) is 0 Å². The molecule has 5 heteroatoms. The molecule has 0 aliphatic heterocycles. The molecule has 0 saturated heterocycles. The van der Waals surface area contributed by atoms with Crippen LogP contribution < -0.4 is 0 Å². The van der Waals surface area contributed by atoms with Gasteiger partial charge >= 0.3 is 0 Å². The summed E-state index contributed by atoms with van der Waals surface area (Å²) in [5, 5.41) is 10.7. The van der Waals surface area contributed by atoms with Crippen molar-refractivity contribution in [3.8, 4) is 39.4 Å². The predicted molar refractivity (Wildman–Crippen MR) is 159 cm³/mol. The molecule has 0 amide bonds. The number of para-hydroxylation sites is 1. The van der Waals surface area contributed by atoms with Gasteiger partial charge in [-0.1, -0.05) is 84.9 Å². The lowest BCUT2D eigenvalue weighted by Gasteiger charge is -2.33. The number of phenols is 1. The van der Waals surface area contributed by atoms with Crippen LogP contribution in [-0.4, -0.2) is 20.1 Å². The fraction of sp³-hybridized carbons (Fsp3) is 0.0278. The van der Waals surface area contributed by atoms with Crippen LogP contribution in [0.4, 0.5) is 0 Å². The van der Waals surface area contributed by atoms with Gasteiger partial charge in [-0.3, -0.25) is 4.98 Å². The Morgan fingerprint density at radius 1 is 0.634 bits per heavy atom. The van der Waals surface area contributed by atoms with Gasteiger partial charge in [-0.05, 0) is 58.1 Å². The molecule has 0 unspecified atom stereocenters. The maximum atomic E-state index is 10.7. The molecule has 0 saturated carbocycles. The first-order valence-corrected chi connectivity index (χ1v) is 13.5. The van der Waals surface area contributed by atoms with Gasteiger partial charge in [0.1, 0.15) is 23.3 Å². The summed E-state index contributed by atoms with van der Waals surface area (Å²) in [5.74, 6) is 0.201. The van der Waals surface area contributed by atoms with E-state index in [4.69, 9.17) is 9.40 Å². The highest BCUT2D eigenvalue weighted by Crippen LogP contribution is 2.56. The Morgan fingerprint density at radius 3 is 2.12 bits per heavy atom. The molecule has 1 N–H and O–H groups in total. The zero-order valence-electron chi connectivity index (χ0n) is 21.9. The summed E-state index contributed by atoms with van der Waals surface area (Å²) < 4.78 is 5.81. The molecule has 4 aromatic carbocycles. The standard InChI is InChI=1S/C36H23N3O2/c40-32-17-6-3-13-27(32)30-16-8-18-33(39-30)36(28-14-4-1-11-25(28)26-12-2-5-15-29(26)36)24-10-7-9-23(21-24)34-35-31(19-20-41-35)37-22-38-34/h1-22,40H. The number of benzene rings is 4. The van der Waals surface area contributed by atoms with Crippen molar-refractivity contribution in [2.45, 2.75) is 5.41 Å². The normalized spacial score (nSPS) is 13.2. The van der Waals surface area contributed by atoms with E-state index in [9.17, 15) is 5.11 Å². The molecule has 0 atom stereocenters. The lowest BCUT2D eigenvalue weighted by atomic mass is 9.69. The number of fused-ring (bicyclic) bond motifs is 4. The summed E-state index contributed by atoms with van der Waals surface area (Å²) in [6.07, 6.45) is 3.22. The van der Waals surface area contributed by atoms with Crippen LogP contribution in [0.15, 0.2) is 138 Å². The lowest BCUT2D eigenvalue weighted by molar-refractivity contribution is 0.477. The van der Waals surface area contributed by atoms with Crippen molar-refractivity contribution in [2.75, 3.05) is 0 Å². The molecule has 3 heterocycles. The van der Waals surface area contributed by atoms with Crippen LogP contribution in [0.25, 0.3) is 44.7 Å². The van der Waals surface area contributed by atoms with Crippen LogP contribution in [0.2, 0.25) is 0 Å². The van der Waals surface area contributed by atoms with Crippen LogP contribution >= 0.6 is 0 Å². The molecule has 5 nitrogen and oxygen atoms in total. The van der Waals surface area contributed by atoms with Crippen molar-refractivity contribution in [1.82, 2.24) is 15.0 Å². The van der Waals surface area contributed by atoms with Crippen LogP contribution in [0.1, 0.15) is 22.4 Å². The van der Waals surface area contributed by atoms with Gasteiger partial charge in [0.05, 0.1) is 23.1 Å². The Labute approximate surface area is 236 Å². The number of aromatic nitrogens is 3. The van der Waals surface area contributed by atoms with E-state index in [2.05, 4.69) is 88.8 Å². The summed E-state index contributed by atoms with van der Waals surface area (Å²) in [6.45, 7) is 0. The van der Waals surface area contributed by atoms with Crippen LogP contribution in [0.5, 0.6) is 5.75 Å². The fourth-order valence-corrected chi connectivity index (χ4v) is 6.35. The van der Waals surface area contributed by atoms with E-state index in [0.717, 1.165) is 39.2 Å². The van der Waals surface area contributed by atoms with Crippen molar-refractivity contribution in [2.24, 2.45) is 0 Å². The number of hydrogen-bond donors (Lipinski definition) is 1. The first kappa shape index (κ1) is 23.3. The Bertz CT molecular complexity index is 2050. The summed E-state index contributed by atoms with van der Waals surface area (Å²) >= 11 is 0. The number of rotatable bonds is 4. The van der Waals surface area contributed by atoms with Gasteiger partial charge < -0.3 is 9.52 Å². The molecule has 0 bridgehead atoms. The number of nitrogens with zero attached hydrogens (tertiary/aromatic N) is 3. The molecule has 0 fully saturated rings. The summed E-state index contributed by atoms with van der Waals surface area (Å²) in [4.78, 5) is 14.2. The molecular formula is C36H23N3O2. The van der Waals surface area contributed by atoms with Gasteiger partial charge in [-0.25, -0.2) is 9.97 Å². The molecule has 3 aromatic heterocycles. The highest BCUT2D eigenvalue weighted by atomic mass is 16.3. The zero-order valence-corrected chi connectivity index (χ0v) is 21.9. The third-order valence-electron chi connectivity index (χ3n) is 8.08. The third kappa shape index (κ3) is 3.39.